The van der Waals surface area contributed by atoms with Gasteiger partial charge in [-0.05, 0) is 50.0 Å². The Kier molecular flexibility index (Phi) is 5.69. The SMILES string of the molecule is O=C(CN1CCCCCC1)N1C[C@@H](Cc2ccnc3ccccc23)[C@@H](O)C1. The van der Waals surface area contributed by atoms with Crippen LogP contribution in [0.25, 0.3) is 10.9 Å². The van der Waals surface area contributed by atoms with Crippen LogP contribution < -0.4 is 0 Å². The fourth-order valence-electron chi connectivity index (χ4n) is 4.46. The first-order valence-corrected chi connectivity index (χ1v) is 10.2. The van der Waals surface area contributed by atoms with Crippen molar-refractivity contribution in [1.29, 1.82) is 0 Å². The Hall–Kier alpha value is -1.98. The van der Waals surface area contributed by atoms with Gasteiger partial charge in [0.05, 0.1) is 18.2 Å². The summed E-state index contributed by atoms with van der Waals surface area (Å²) in [6.07, 6.45) is 7.08. The molecule has 2 aliphatic heterocycles. The van der Waals surface area contributed by atoms with Crippen molar-refractivity contribution in [1.82, 2.24) is 14.8 Å². The highest BCUT2D eigenvalue weighted by molar-refractivity contribution is 5.82. The number of hydrogen-bond acceptors (Lipinski definition) is 4. The normalized spacial score (nSPS) is 24.3. The van der Waals surface area contributed by atoms with E-state index in [4.69, 9.17) is 0 Å². The minimum Gasteiger partial charge on any atom is -0.391 e. The Labute approximate surface area is 161 Å². The highest BCUT2D eigenvalue weighted by Crippen LogP contribution is 2.25. The van der Waals surface area contributed by atoms with E-state index in [0.717, 1.165) is 30.4 Å². The van der Waals surface area contributed by atoms with E-state index in [1.807, 2.05) is 35.4 Å². The van der Waals surface area contributed by atoms with Crippen molar-refractivity contribution in [3.8, 4) is 0 Å². The second kappa shape index (κ2) is 8.36. The highest BCUT2D eigenvalue weighted by atomic mass is 16.3. The van der Waals surface area contributed by atoms with E-state index < -0.39 is 6.10 Å². The number of benzene rings is 1. The van der Waals surface area contributed by atoms with E-state index in [2.05, 4.69) is 16.0 Å². The molecule has 1 aromatic carbocycles. The van der Waals surface area contributed by atoms with E-state index in [9.17, 15) is 9.90 Å². The molecule has 0 saturated carbocycles. The molecule has 5 heteroatoms. The molecular weight excluding hydrogens is 338 g/mol. The molecule has 0 radical (unpaired) electrons. The Morgan fingerprint density at radius 3 is 2.67 bits per heavy atom. The highest BCUT2D eigenvalue weighted by Gasteiger charge is 2.34. The zero-order valence-corrected chi connectivity index (χ0v) is 15.9. The number of likely N-dealkylation sites (tertiary alicyclic amines) is 2. The fourth-order valence-corrected chi connectivity index (χ4v) is 4.46. The summed E-state index contributed by atoms with van der Waals surface area (Å²) in [4.78, 5) is 21.3. The number of amides is 1. The second-order valence-electron chi connectivity index (χ2n) is 8.01. The Bertz CT molecular complexity index is 781. The quantitative estimate of drug-likeness (QED) is 0.902. The third kappa shape index (κ3) is 4.30. The van der Waals surface area contributed by atoms with Gasteiger partial charge in [-0.25, -0.2) is 0 Å². The van der Waals surface area contributed by atoms with E-state index in [0.29, 0.717) is 19.6 Å². The lowest BCUT2D eigenvalue weighted by Gasteiger charge is -2.23. The smallest absolute Gasteiger partial charge is 0.236 e. The van der Waals surface area contributed by atoms with Crippen LogP contribution in [0.5, 0.6) is 0 Å². The number of para-hydroxylation sites is 1. The van der Waals surface area contributed by atoms with Gasteiger partial charge in [0, 0.05) is 30.6 Å². The van der Waals surface area contributed by atoms with Gasteiger partial charge in [0.15, 0.2) is 0 Å². The van der Waals surface area contributed by atoms with Gasteiger partial charge in [0.2, 0.25) is 5.91 Å². The number of nitrogens with zero attached hydrogens (tertiary/aromatic N) is 3. The molecule has 1 amide bonds. The number of β-amino-alcohol motifs (C(OH)–C–C–N with tert-alkyl or cyclic N) is 1. The number of aromatic nitrogens is 1. The van der Waals surface area contributed by atoms with Crippen LogP contribution in [0, 0.1) is 5.92 Å². The number of pyridine rings is 1. The van der Waals surface area contributed by atoms with E-state index in [1.165, 1.54) is 31.2 Å². The Morgan fingerprint density at radius 1 is 1.07 bits per heavy atom. The molecule has 0 bridgehead atoms. The maximum atomic E-state index is 12.7. The maximum Gasteiger partial charge on any atom is 0.236 e. The summed E-state index contributed by atoms with van der Waals surface area (Å²) in [7, 11) is 0. The first kappa shape index (κ1) is 18.4. The monoisotopic (exact) mass is 367 g/mol. The lowest BCUT2D eigenvalue weighted by molar-refractivity contribution is -0.131. The summed E-state index contributed by atoms with van der Waals surface area (Å²) < 4.78 is 0. The van der Waals surface area contributed by atoms with Crippen LogP contribution in [0.4, 0.5) is 0 Å². The van der Waals surface area contributed by atoms with Crippen LogP contribution >= 0.6 is 0 Å². The van der Waals surface area contributed by atoms with Crippen molar-refractivity contribution < 1.29 is 9.90 Å². The topological polar surface area (TPSA) is 56.7 Å². The van der Waals surface area contributed by atoms with Gasteiger partial charge in [-0.15, -0.1) is 0 Å². The number of carbonyl (C=O) groups excluding carboxylic acids is 1. The number of aliphatic hydroxyl groups excluding tert-OH is 1. The lowest BCUT2D eigenvalue weighted by Crippen LogP contribution is -2.40. The first-order valence-electron chi connectivity index (χ1n) is 10.2. The summed E-state index contributed by atoms with van der Waals surface area (Å²) in [5.41, 5.74) is 2.18. The molecule has 1 aromatic heterocycles. The minimum absolute atomic E-state index is 0.0869. The van der Waals surface area contributed by atoms with Gasteiger partial charge < -0.3 is 10.0 Å². The van der Waals surface area contributed by atoms with Gasteiger partial charge in [-0.3, -0.25) is 14.7 Å². The average Bonchev–Trinajstić information content (AvgIpc) is 2.88. The standard InChI is InChI=1S/C22H29N3O2/c26-21-15-25(22(27)16-24-11-5-1-2-6-12-24)14-18(21)13-17-9-10-23-20-8-4-3-7-19(17)20/h3-4,7-10,18,21,26H,1-2,5-6,11-16H2/t18-,21+/m1/s1. The zero-order valence-electron chi connectivity index (χ0n) is 15.9. The second-order valence-corrected chi connectivity index (χ2v) is 8.01. The first-order chi connectivity index (χ1) is 13.2. The molecule has 4 rings (SSSR count). The predicted molar refractivity (Wildman–Crippen MR) is 106 cm³/mol. The molecule has 2 atom stereocenters. The molecule has 2 fully saturated rings. The number of carbonyl (C=O) groups is 1. The average molecular weight is 367 g/mol. The van der Waals surface area contributed by atoms with Crippen molar-refractivity contribution in [2.75, 3.05) is 32.7 Å². The van der Waals surface area contributed by atoms with Gasteiger partial charge in [-0.1, -0.05) is 31.0 Å². The van der Waals surface area contributed by atoms with Crippen LogP contribution in [0.3, 0.4) is 0 Å². The molecule has 27 heavy (non-hydrogen) atoms. The maximum absolute atomic E-state index is 12.7. The van der Waals surface area contributed by atoms with Crippen LogP contribution in [-0.2, 0) is 11.2 Å². The van der Waals surface area contributed by atoms with Crippen molar-refractivity contribution in [3.63, 3.8) is 0 Å². The van der Waals surface area contributed by atoms with Crippen LogP contribution in [0.1, 0.15) is 31.2 Å². The fraction of sp³-hybridized carbons (Fsp3) is 0.545. The van der Waals surface area contributed by atoms with Crippen LogP contribution in [-0.4, -0.2) is 64.6 Å². The molecule has 2 aromatic rings. The van der Waals surface area contributed by atoms with E-state index in [1.54, 1.807) is 0 Å². The number of hydrogen-bond donors (Lipinski definition) is 1. The molecular formula is C22H29N3O2. The van der Waals surface area contributed by atoms with Crippen molar-refractivity contribution >= 4 is 16.8 Å². The Morgan fingerprint density at radius 2 is 1.85 bits per heavy atom. The molecule has 0 unspecified atom stereocenters. The summed E-state index contributed by atoms with van der Waals surface area (Å²) in [5.74, 6) is 0.252. The largest absolute Gasteiger partial charge is 0.391 e. The third-order valence-electron chi connectivity index (χ3n) is 6.04. The van der Waals surface area contributed by atoms with Crippen molar-refractivity contribution in [2.45, 2.75) is 38.2 Å². The number of aliphatic hydroxyl groups is 1. The molecule has 1 N–H and O–H groups in total. The summed E-state index contributed by atoms with van der Waals surface area (Å²) >= 11 is 0. The summed E-state index contributed by atoms with van der Waals surface area (Å²) in [5, 5.41) is 11.7. The third-order valence-corrected chi connectivity index (χ3v) is 6.04. The van der Waals surface area contributed by atoms with Gasteiger partial charge in [-0.2, -0.15) is 0 Å². The lowest BCUT2D eigenvalue weighted by atomic mass is 9.94. The van der Waals surface area contributed by atoms with Gasteiger partial charge >= 0.3 is 0 Å². The van der Waals surface area contributed by atoms with E-state index in [-0.39, 0.29) is 11.8 Å². The number of rotatable bonds is 4. The molecule has 0 spiro atoms. The molecule has 144 valence electrons. The zero-order chi connectivity index (χ0) is 18.6. The van der Waals surface area contributed by atoms with Crippen molar-refractivity contribution in [2.24, 2.45) is 5.92 Å². The number of fused-ring (bicyclic) bond motifs is 1. The predicted octanol–water partition coefficient (Wildman–Crippen LogP) is 2.47. The van der Waals surface area contributed by atoms with Crippen LogP contribution in [0.2, 0.25) is 0 Å². The molecule has 0 aliphatic carbocycles. The Balaban J connectivity index is 1.39. The summed E-state index contributed by atoms with van der Waals surface area (Å²) in [6.45, 7) is 3.64. The minimum atomic E-state index is -0.454. The van der Waals surface area contributed by atoms with E-state index >= 15 is 0 Å². The molecule has 2 aliphatic rings. The van der Waals surface area contributed by atoms with Gasteiger partial charge in [0.25, 0.3) is 0 Å². The molecule has 5 nitrogen and oxygen atoms in total. The molecule has 2 saturated heterocycles. The van der Waals surface area contributed by atoms with Crippen molar-refractivity contribution in [3.05, 3.63) is 42.1 Å². The molecule has 3 heterocycles. The summed E-state index contributed by atoms with van der Waals surface area (Å²) in [6, 6.07) is 10.2. The van der Waals surface area contributed by atoms with Crippen LogP contribution in [0.15, 0.2) is 36.5 Å². The van der Waals surface area contributed by atoms with Gasteiger partial charge in [0.1, 0.15) is 0 Å².